The second kappa shape index (κ2) is 5.42. The van der Waals surface area contributed by atoms with Crippen molar-refractivity contribution in [1.82, 2.24) is 9.55 Å². The molecule has 0 aliphatic carbocycles. The minimum Gasteiger partial charge on any atom is -0.298 e. The second-order valence-corrected chi connectivity index (χ2v) is 6.35. The predicted molar refractivity (Wildman–Crippen MR) is 91.7 cm³/mol. The molecule has 1 aliphatic heterocycles. The number of nitrogens with zero attached hydrogens (tertiary/aromatic N) is 3. The molecule has 2 aromatic carbocycles. The molecule has 0 saturated heterocycles. The van der Waals surface area contributed by atoms with E-state index in [0.717, 1.165) is 27.2 Å². The Balaban J connectivity index is 2.03. The van der Waals surface area contributed by atoms with Crippen LogP contribution in [0.3, 0.4) is 0 Å². The van der Waals surface area contributed by atoms with Crippen molar-refractivity contribution in [3.05, 3.63) is 81.6 Å². The number of hydrogen-bond acceptors (Lipinski definition) is 2. The Morgan fingerprint density at radius 2 is 1.96 bits per heavy atom. The van der Waals surface area contributed by atoms with Crippen LogP contribution in [0.4, 0.5) is 4.39 Å². The molecule has 0 unspecified atom stereocenters. The van der Waals surface area contributed by atoms with Gasteiger partial charge in [-0.25, -0.2) is 9.37 Å². The van der Waals surface area contributed by atoms with E-state index in [0.29, 0.717) is 17.8 Å². The van der Waals surface area contributed by atoms with Gasteiger partial charge < -0.3 is 0 Å². The second-order valence-electron chi connectivity index (χ2n) is 5.44. The van der Waals surface area contributed by atoms with Gasteiger partial charge in [0.25, 0.3) is 0 Å². The van der Waals surface area contributed by atoms with Gasteiger partial charge in [0.2, 0.25) is 0 Å². The summed E-state index contributed by atoms with van der Waals surface area (Å²) in [6.07, 6.45) is 1.83. The number of rotatable bonds is 1. The standard InChI is InChI=1S/C18H13BrFN3/c1-11-21-9-13-10-22-18(14-4-2-3-5-16(14)20)15-8-12(19)6-7-17(15)23(11)13/h2-9H,10H2,1H3. The maximum atomic E-state index is 14.3. The molecule has 3 aromatic rings. The third kappa shape index (κ3) is 2.32. The highest BCUT2D eigenvalue weighted by molar-refractivity contribution is 9.10. The van der Waals surface area contributed by atoms with Crippen LogP contribution in [-0.2, 0) is 6.54 Å². The van der Waals surface area contributed by atoms with E-state index in [1.54, 1.807) is 12.1 Å². The molecule has 0 saturated carbocycles. The van der Waals surface area contributed by atoms with Gasteiger partial charge in [-0.05, 0) is 37.3 Å². The van der Waals surface area contributed by atoms with Gasteiger partial charge in [-0.1, -0.05) is 28.1 Å². The molecule has 2 heterocycles. The summed E-state index contributed by atoms with van der Waals surface area (Å²) in [5.41, 5.74) is 4.05. The normalized spacial score (nSPS) is 13.1. The predicted octanol–water partition coefficient (Wildman–Crippen LogP) is 4.43. The lowest BCUT2D eigenvalue weighted by Gasteiger charge is -2.14. The summed E-state index contributed by atoms with van der Waals surface area (Å²) in [6.45, 7) is 2.43. The van der Waals surface area contributed by atoms with E-state index in [-0.39, 0.29) is 5.82 Å². The molecule has 114 valence electrons. The highest BCUT2D eigenvalue weighted by atomic mass is 79.9. The summed E-state index contributed by atoms with van der Waals surface area (Å²) in [6, 6.07) is 12.7. The molecule has 0 bridgehead atoms. The Bertz CT molecular complexity index is 943. The third-order valence-electron chi connectivity index (χ3n) is 3.99. The van der Waals surface area contributed by atoms with E-state index in [4.69, 9.17) is 0 Å². The van der Waals surface area contributed by atoms with Crippen LogP contribution in [0.15, 0.2) is 58.1 Å². The zero-order valence-electron chi connectivity index (χ0n) is 12.4. The molecule has 5 heteroatoms. The van der Waals surface area contributed by atoms with Crippen molar-refractivity contribution < 1.29 is 4.39 Å². The number of aromatic nitrogens is 2. The average molecular weight is 370 g/mol. The van der Waals surface area contributed by atoms with E-state index in [2.05, 4.69) is 30.5 Å². The number of halogens is 2. The van der Waals surface area contributed by atoms with Crippen LogP contribution in [0, 0.1) is 12.7 Å². The largest absolute Gasteiger partial charge is 0.298 e. The number of benzene rings is 2. The van der Waals surface area contributed by atoms with E-state index >= 15 is 0 Å². The van der Waals surface area contributed by atoms with Crippen LogP contribution in [0.25, 0.3) is 5.69 Å². The smallest absolute Gasteiger partial charge is 0.132 e. The van der Waals surface area contributed by atoms with Crippen LogP contribution in [0.1, 0.15) is 22.6 Å². The van der Waals surface area contributed by atoms with E-state index in [1.807, 2.05) is 37.4 Å². The van der Waals surface area contributed by atoms with Crippen LogP contribution < -0.4 is 0 Å². The van der Waals surface area contributed by atoms with Gasteiger partial charge in [-0.3, -0.25) is 9.56 Å². The van der Waals surface area contributed by atoms with Crippen molar-refractivity contribution in [2.75, 3.05) is 0 Å². The van der Waals surface area contributed by atoms with Gasteiger partial charge in [0, 0.05) is 15.6 Å². The highest BCUT2D eigenvalue weighted by Gasteiger charge is 2.22. The Labute approximate surface area is 141 Å². The van der Waals surface area contributed by atoms with Crippen molar-refractivity contribution in [2.24, 2.45) is 4.99 Å². The molecule has 23 heavy (non-hydrogen) atoms. The molecular formula is C18H13BrFN3. The topological polar surface area (TPSA) is 30.2 Å². The van der Waals surface area contributed by atoms with E-state index in [9.17, 15) is 4.39 Å². The van der Waals surface area contributed by atoms with Gasteiger partial charge in [0.05, 0.1) is 29.8 Å². The number of fused-ring (bicyclic) bond motifs is 3. The van der Waals surface area contributed by atoms with Crippen molar-refractivity contribution in [1.29, 1.82) is 0 Å². The molecular weight excluding hydrogens is 357 g/mol. The van der Waals surface area contributed by atoms with Crippen LogP contribution in [0.5, 0.6) is 0 Å². The Kier molecular flexibility index (Phi) is 3.38. The molecule has 0 N–H and O–H groups in total. The van der Waals surface area contributed by atoms with Gasteiger partial charge in [-0.15, -0.1) is 0 Å². The number of imidazole rings is 1. The molecule has 3 nitrogen and oxygen atoms in total. The first-order chi connectivity index (χ1) is 11.1. The lowest BCUT2D eigenvalue weighted by molar-refractivity contribution is 0.625. The summed E-state index contributed by atoms with van der Waals surface area (Å²) in [7, 11) is 0. The number of aliphatic imine (C=N–C) groups is 1. The lowest BCUT2D eigenvalue weighted by atomic mass is 10.00. The summed E-state index contributed by atoms with van der Waals surface area (Å²) < 4.78 is 17.3. The maximum Gasteiger partial charge on any atom is 0.132 e. The molecule has 0 fully saturated rings. The first-order valence-corrected chi connectivity index (χ1v) is 8.07. The zero-order chi connectivity index (χ0) is 16.0. The van der Waals surface area contributed by atoms with Gasteiger partial charge in [-0.2, -0.15) is 0 Å². The molecule has 0 amide bonds. The number of aryl methyl sites for hydroxylation is 1. The molecule has 1 aromatic heterocycles. The average Bonchev–Trinajstić information content (AvgIpc) is 2.82. The SMILES string of the molecule is Cc1ncc2n1-c1ccc(Br)cc1C(c1ccccc1F)=NC2. The fourth-order valence-electron chi connectivity index (χ4n) is 2.95. The number of hydrogen-bond donors (Lipinski definition) is 0. The maximum absolute atomic E-state index is 14.3. The first-order valence-electron chi connectivity index (χ1n) is 7.28. The Morgan fingerprint density at radius 1 is 1.13 bits per heavy atom. The fraction of sp³-hybridized carbons (Fsp3) is 0.111. The third-order valence-corrected chi connectivity index (χ3v) is 4.49. The molecule has 4 rings (SSSR count). The fourth-order valence-corrected chi connectivity index (χ4v) is 3.31. The van der Waals surface area contributed by atoms with Crippen molar-refractivity contribution in [3.63, 3.8) is 0 Å². The Morgan fingerprint density at radius 3 is 2.78 bits per heavy atom. The molecule has 0 radical (unpaired) electrons. The summed E-state index contributed by atoms with van der Waals surface area (Å²) >= 11 is 3.51. The van der Waals surface area contributed by atoms with Crippen LogP contribution in [0.2, 0.25) is 0 Å². The monoisotopic (exact) mass is 369 g/mol. The van der Waals surface area contributed by atoms with E-state index < -0.39 is 0 Å². The zero-order valence-corrected chi connectivity index (χ0v) is 14.0. The van der Waals surface area contributed by atoms with Gasteiger partial charge >= 0.3 is 0 Å². The van der Waals surface area contributed by atoms with Gasteiger partial charge in [0.15, 0.2) is 0 Å². The van der Waals surface area contributed by atoms with Gasteiger partial charge in [0.1, 0.15) is 11.6 Å². The molecule has 0 atom stereocenters. The summed E-state index contributed by atoms with van der Waals surface area (Å²) in [5, 5.41) is 0. The molecule has 0 spiro atoms. The van der Waals surface area contributed by atoms with Crippen LogP contribution in [-0.4, -0.2) is 15.3 Å². The molecule has 1 aliphatic rings. The highest BCUT2D eigenvalue weighted by Crippen LogP contribution is 2.29. The van der Waals surface area contributed by atoms with Crippen molar-refractivity contribution in [3.8, 4) is 5.69 Å². The summed E-state index contributed by atoms with van der Waals surface area (Å²) in [5.74, 6) is 0.632. The lowest BCUT2D eigenvalue weighted by Crippen LogP contribution is -2.09. The minimum absolute atomic E-state index is 0.265. The summed E-state index contributed by atoms with van der Waals surface area (Å²) in [4.78, 5) is 9.07. The quantitative estimate of drug-likeness (QED) is 0.623. The van der Waals surface area contributed by atoms with Crippen molar-refractivity contribution in [2.45, 2.75) is 13.5 Å². The minimum atomic E-state index is -0.265. The Hall–Kier alpha value is -2.27. The van der Waals surface area contributed by atoms with E-state index in [1.165, 1.54) is 6.07 Å². The first kappa shape index (κ1) is 14.3. The van der Waals surface area contributed by atoms with Crippen LogP contribution >= 0.6 is 15.9 Å². The van der Waals surface area contributed by atoms with Crippen molar-refractivity contribution >= 4 is 21.6 Å².